The van der Waals surface area contributed by atoms with Gasteiger partial charge in [-0.2, -0.15) is 8.78 Å². The number of carbonyl (C=O) groups is 2. The first-order chi connectivity index (χ1) is 11.9. The summed E-state index contributed by atoms with van der Waals surface area (Å²) in [6, 6.07) is 3.66. The van der Waals surface area contributed by atoms with Crippen molar-refractivity contribution in [2.45, 2.75) is 13.0 Å². The Hall–Kier alpha value is -2.30. The molecule has 142 valence electrons. The van der Waals surface area contributed by atoms with Gasteiger partial charge in [-0.15, -0.1) is 23.7 Å². The lowest BCUT2D eigenvalue weighted by molar-refractivity contribution is -0.0494. The third-order valence-electron chi connectivity index (χ3n) is 3.01. The van der Waals surface area contributed by atoms with Crippen molar-refractivity contribution in [3.63, 3.8) is 0 Å². The number of hydrogen-bond acceptors (Lipinski definition) is 7. The van der Waals surface area contributed by atoms with E-state index >= 15 is 0 Å². The number of nitrogens with two attached hydrogens (primary N) is 1. The summed E-state index contributed by atoms with van der Waals surface area (Å²) in [5, 5.41) is 4.67. The molecule has 1 aromatic heterocycles. The number of anilines is 1. The number of ether oxygens (including phenoxy) is 2. The van der Waals surface area contributed by atoms with Crippen molar-refractivity contribution in [3.05, 3.63) is 39.8 Å². The Balaban J connectivity index is 0.00000338. The van der Waals surface area contributed by atoms with E-state index in [-0.39, 0.29) is 35.1 Å². The molecular weight excluding hydrogens is 392 g/mol. The first kappa shape index (κ1) is 21.7. The molecule has 0 saturated heterocycles. The van der Waals surface area contributed by atoms with Crippen molar-refractivity contribution >= 4 is 41.3 Å². The average molecular weight is 408 g/mol. The lowest BCUT2D eigenvalue weighted by atomic mass is 10.2. The number of thiazole rings is 1. The molecule has 0 aliphatic heterocycles. The van der Waals surface area contributed by atoms with Gasteiger partial charge in [-0.05, 0) is 24.7 Å². The van der Waals surface area contributed by atoms with E-state index in [0.29, 0.717) is 18.0 Å². The Bertz CT molecular complexity index is 773. The Morgan fingerprint density at radius 1 is 1.38 bits per heavy atom. The number of hydrogen-bond donors (Lipinski definition) is 2. The minimum absolute atomic E-state index is 0. The predicted octanol–water partition coefficient (Wildman–Crippen LogP) is 2.71. The second kappa shape index (κ2) is 10.00. The maximum absolute atomic E-state index is 12.6. The molecule has 0 radical (unpaired) electrons. The largest absolute Gasteiger partial charge is 0.465 e. The van der Waals surface area contributed by atoms with Crippen LogP contribution < -0.4 is 15.8 Å². The highest BCUT2D eigenvalue weighted by molar-refractivity contribution is 7.09. The number of halogens is 3. The fourth-order valence-electron chi connectivity index (χ4n) is 1.90. The summed E-state index contributed by atoms with van der Waals surface area (Å²) in [6.45, 7) is -2.73. The van der Waals surface area contributed by atoms with E-state index in [4.69, 9.17) is 5.73 Å². The van der Waals surface area contributed by atoms with E-state index in [0.717, 1.165) is 13.2 Å². The number of nitrogens with zero attached hydrogens (tertiary/aromatic N) is 1. The van der Waals surface area contributed by atoms with Gasteiger partial charge >= 0.3 is 12.6 Å². The third kappa shape index (κ3) is 5.61. The van der Waals surface area contributed by atoms with Crippen LogP contribution in [-0.2, 0) is 11.2 Å². The van der Waals surface area contributed by atoms with E-state index in [1.165, 1.54) is 28.8 Å². The van der Waals surface area contributed by atoms with Gasteiger partial charge in [-0.3, -0.25) is 4.79 Å². The predicted molar refractivity (Wildman–Crippen MR) is 94.5 cm³/mol. The Morgan fingerprint density at radius 2 is 2.12 bits per heavy atom. The summed E-state index contributed by atoms with van der Waals surface area (Å²) in [6.07, 6.45) is 0.533. The number of rotatable bonds is 7. The molecule has 0 atom stereocenters. The Kier molecular flexibility index (Phi) is 8.36. The molecule has 1 amide bonds. The molecule has 2 rings (SSSR count). The van der Waals surface area contributed by atoms with Crippen LogP contribution in [0, 0.1) is 0 Å². The highest BCUT2D eigenvalue weighted by atomic mass is 35.5. The summed E-state index contributed by atoms with van der Waals surface area (Å²) < 4.78 is 34.1. The number of carbonyl (C=O) groups excluding carboxylic acids is 2. The molecule has 2 aromatic rings. The third-order valence-corrected chi connectivity index (χ3v) is 3.92. The van der Waals surface area contributed by atoms with Crippen molar-refractivity contribution in [1.29, 1.82) is 0 Å². The van der Waals surface area contributed by atoms with Crippen molar-refractivity contribution in [3.8, 4) is 5.75 Å². The maximum Gasteiger partial charge on any atom is 0.387 e. The van der Waals surface area contributed by atoms with Crippen LogP contribution in [0.15, 0.2) is 23.6 Å². The number of nitrogens with one attached hydrogen (secondary N) is 1. The van der Waals surface area contributed by atoms with E-state index in [1.54, 1.807) is 0 Å². The van der Waals surface area contributed by atoms with Gasteiger partial charge in [0.25, 0.3) is 5.91 Å². The molecule has 0 aliphatic rings. The van der Waals surface area contributed by atoms with Crippen molar-refractivity contribution < 1.29 is 27.8 Å². The topological polar surface area (TPSA) is 104 Å². The van der Waals surface area contributed by atoms with Gasteiger partial charge in [0.2, 0.25) is 0 Å². The number of benzene rings is 1. The van der Waals surface area contributed by atoms with Gasteiger partial charge in [0.1, 0.15) is 11.4 Å². The molecule has 0 unspecified atom stereocenters. The molecule has 3 N–H and O–H groups in total. The molecule has 26 heavy (non-hydrogen) atoms. The van der Waals surface area contributed by atoms with Crippen molar-refractivity contribution in [1.82, 2.24) is 4.98 Å². The van der Waals surface area contributed by atoms with Crippen LogP contribution in [0.1, 0.15) is 25.9 Å². The molecule has 7 nitrogen and oxygen atoms in total. The van der Waals surface area contributed by atoms with Crippen LogP contribution >= 0.6 is 23.7 Å². The summed E-state index contributed by atoms with van der Waals surface area (Å²) in [4.78, 5) is 27.8. The van der Waals surface area contributed by atoms with Crippen molar-refractivity contribution in [2.75, 3.05) is 19.0 Å². The lowest BCUT2D eigenvalue weighted by Crippen LogP contribution is -2.15. The number of alkyl halides is 2. The van der Waals surface area contributed by atoms with Gasteiger partial charge in [-0.25, -0.2) is 9.78 Å². The Labute approximate surface area is 157 Å². The first-order valence-electron chi connectivity index (χ1n) is 7.07. The molecule has 1 heterocycles. The highest BCUT2D eigenvalue weighted by Crippen LogP contribution is 2.28. The minimum atomic E-state index is -3.13. The fourth-order valence-corrected chi connectivity index (χ4v) is 2.70. The van der Waals surface area contributed by atoms with E-state index in [9.17, 15) is 18.4 Å². The van der Waals surface area contributed by atoms with Crippen LogP contribution in [0.4, 0.5) is 14.5 Å². The van der Waals surface area contributed by atoms with E-state index in [2.05, 4.69) is 19.8 Å². The van der Waals surface area contributed by atoms with E-state index in [1.807, 2.05) is 0 Å². The van der Waals surface area contributed by atoms with Gasteiger partial charge < -0.3 is 20.5 Å². The van der Waals surface area contributed by atoms with Crippen LogP contribution in [0.25, 0.3) is 0 Å². The quantitative estimate of drug-likeness (QED) is 0.684. The van der Waals surface area contributed by atoms with Gasteiger partial charge in [0.15, 0.2) is 0 Å². The fraction of sp³-hybridized carbons (Fsp3) is 0.267. The molecule has 0 saturated carbocycles. The SMILES string of the molecule is COC(=O)c1ccc(NC(=O)c2csc(CCN)n2)c(OC(F)F)c1.Cl. The molecule has 0 fully saturated rings. The monoisotopic (exact) mass is 407 g/mol. The summed E-state index contributed by atoms with van der Waals surface area (Å²) in [7, 11) is 1.16. The molecule has 11 heteroatoms. The van der Waals surface area contributed by atoms with Crippen LogP contribution in [0.5, 0.6) is 5.75 Å². The van der Waals surface area contributed by atoms with Gasteiger partial charge in [-0.1, -0.05) is 0 Å². The average Bonchev–Trinajstić information content (AvgIpc) is 3.04. The maximum atomic E-state index is 12.6. The molecule has 1 aromatic carbocycles. The lowest BCUT2D eigenvalue weighted by Gasteiger charge is -2.12. The zero-order valence-corrected chi connectivity index (χ0v) is 15.2. The summed E-state index contributed by atoms with van der Waals surface area (Å²) >= 11 is 1.27. The zero-order chi connectivity index (χ0) is 18.4. The molecule has 0 aliphatic carbocycles. The molecule has 0 spiro atoms. The number of amides is 1. The van der Waals surface area contributed by atoms with Gasteiger partial charge in [0.05, 0.1) is 23.4 Å². The number of esters is 1. The number of methoxy groups -OCH3 is 1. The second-order valence-corrected chi connectivity index (χ2v) is 5.64. The highest BCUT2D eigenvalue weighted by Gasteiger charge is 2.18. The smallest absolute Gasteiger partial charge is 0.387 e. The first-order valence-corrected chi connectivity index (χ1v) is 7.95. The van der Waals surface area contributed by atoms with Crippen LogP contribution in [0.2, 0.25) is 0 Å². The van der Waals surface area contributed by atoms with Crippen LogP contribution in [0.3, 0.4) is 0 Å². The normalized spacial score (nSPS) is 10.2. The van der Waals surface area contributed by atoms with Crippen LogP contribution in [-0.4, -0.2) is 37.1 Å². The van der Waals surface area contributed by atoms with E-state index < -0.39 is 18.5 Å². The zero-order valence-electron chi connectivity index (χ0n) is 13.5. The number of aromatic nitrogens is 1. The summed E-state index contributed by atoms with van der Waals surface area (Å²) in [5.41, 5.74) is 5.55. The second-order valence-electron chi connectivity index (χ2n) is 4.70. The molecule has 0 bridgehead atoms. The minimum Gasteiger partial charge on any atom is -0.465 e. The summed E-state index contributed by atoms with van der Waals surface area (Å²) in [5.74, 6) is -1.67. The van der Waals surface area contributed by atoms with Crippen molar-refractivity contribution in [2.24, 2.45) is 5.73 Å². The standard InChI is InChI=1S/C15H15F2N3O4S.ClH/c1-23-14(22)8-2-3-9(11(6-8)24-15(16)17)20-13(21)10-7-25-12(19-10)4-5-18;/h2-3,6-7,15H,4-5,18H2,1H3,(H,20,21);1H. The molecular formula is C15H16ClF2N3O4S. The Morgan fingerprint density at radius 3 is 2.73 bits per heavy atom. The van der Waals surface area contributed by atoms with Gasteiger partial charge in [0, 0.05) is 11.8 Å².